The highest BCUT2D eigenvalue weighted by Crippen LogP contribution is 2.24. The number of hydrogen-bond donors (Lipinski definition) is 1. The van der Waals surface area contributed by atoms with E-state index in [-0.39, 0.29) is 0 Å². The van der Waals surface area contributed by atoms with Crippen LogP contribution in [0.15, 0.2) is 27.2 Å². The number of hydrogen-bond acceptors (Lipinski definition) is 5. The van der Waals surface area contributed by atoms with Gasteiger partial charge in [-0.25, -0.2) is 4.98 Å². The quantitative estimate of drug-likeness (QED) is 0.924. The molecule has 5 nitrogen and oxygen atoms in total. The van der Waals surface area contributed by atoms with Crippen molar-refractivity contribution in [2.75, 3.05) is 13.6 Å². The number of halogens is 1. The summed E-state index contributed by atoms with van der Waals surface area (Å²) in [7, 11) is 1.88. The minimum absolute atomic E-state index is 0.443. The van der Waals surface area contributed by atoms with E-state index in [1.807, 2.05) is 19.2 Å². The van der Waals surface area contributed by atoms with Crippen LogP contribution in [0.1, 0.15) is 5.89 Å². The molecular formula is C10H11BrN4O. The second-order valence-electron chi connectivity index (χ2n) is 3.19. The standard InChI is InChI=1S/C10H11BrN4O/c1-12-6-4-8-14-15-10(16-8)9-7(11)3-2-5-13-9/h2-3,5,12H,4,6H2,1H3. The van der Waals surface area contributed by atoms with Crippen LogP contribution in [0.5, 0.6) is 0 Å². The van der Waals surface area contributed by atoms with E-state index in [2.05, 4.69) is 36.4 Å². The average molecular weight is 283 g/mol. The van der Waals surface area contributed by atoms with E-state index < -0.39 is 0 Å². The molecule has 84 valence electrons. The normalized spacial score (nSPS) is 10.6. The Morgan fingerprint density at radius 2 is 2.31 bits per heavy atom. The molecule has 0 aliphatic carbocycles. The van der Waals surface area contributed by atoms with Crippen molar-refractivity contribution in [1.82, 2.24) is 20.5 Å². The van der Waals surface area contributed by atoms with Crippen LogP contribution in [0.25, 0.3) is 11.6 Å². The Labute approximate surface area is 101 Å². The van der Waals surface area contributed by atoms with Gasteiger partial charge in [-0.05, 0) is 35.1 Å². The fourth-order valence-electron chi connectivity index (χ4n) is 1.23. The smallest absolute Gasteiger partial charge is 0.267 e. The number of rotatable bonds is 4. The molecule has 0 saturated heterocycles. The van der Waals surface area contributed by atoms with Gasteiger partial charge in [0.25, 0.3) is 5.89 Å². The minimum atomic E-state index is 0.443. The number of likely N-dealkylation sites (N-methyl/N-ethyl adjacent to an activating group) is 1. The predicted octanol–water partition coefficient (Wildman–Crippen LogP) is 1.66. The van der Waals surface area contributed by atoms with Crippen molar-refractivity contribution in [2.45, 2.75) is 6.42 Å². The first-order valence-electron chi connectivity index (χ1n) is 4.89. The molecular weight excluding hydrogens is 272 g/mol. The predicted molar refractivity (Wildman–Crippen MR) is 62.9 cm³/mol. The Bertz CT molecular complexity index is 471. The molecule has 2 aromatic rings. The van der Waals surface area contributed by atoms with Crippen LogP contribution in [0.2, 0.25) is 0 Å². The highest BCUT2D eigenvalue weighted by atomic mass is 79.9. The minimum Gasteiger partial charge on any atom is -0.419 e. The lowest BCUT2D eigenvalue weighted by Gasteiger charge is -1.96. The summed E-state index contributed by atoms with van der Waals surface area (Å²) >= 11 is 3.39. The SMILES string of the molecule is CNCCc1nnc(-c2ncccc2Br)o1. The van der Waals surface area contributed by atoms with E-state index in [9.17, 15) is 0 Å². The fourth-order valence-corrected chi connectivity index (χ4v) is 1.65. The molecule has 1 N–H and O–H groups in total. The molecule has 16 heavy (non-hydrogen) atoms. The molecule has 0 aromatic carbocycles. The monoisotopic (exact) mass is 282 g/mol. The Balaban J connectivity index is 2.22. The third kappa shape index (κ3) is 2.45. The Hall–Kier alpha value is -1.27. The van der Waals surface area contributed by atoms with Gasteiger partial charge in [0, 0.05) is 23.6 Å². The zero-order valence-electron chi connectivity index (χ0n) is 8.77. The van der Waals surface area contributed by atoms with E-state index in [1.54, 1.807) is 6.20 Å². The Morgan fingerprint density at radius 1 is 1.44 bits per heavy atom. The number of nitrogens with one attached hydrogen (secondary N) is 1. The lowest BCUT2D eigenvalue weighted by Crippen LogP contribution is -2.10. The van der Waals surface area contributed by atoms with Crippen LogP contribution < -0.4 is 5.32 Å². The molecule has 0 amide bonds. The van der Waals surface area contributed by atoms with Gasteiger partial charge < -0.3 is 9.73 Å². The lowest BCUT2D eigenvalue weighted by molar-refractivity contribution is 0.498. The van der Waals surface area contributed by atoms with Crippen LogP contribution >= 0.6 is 15.9 Å². The van der Waals surface area contributed by atoms with Gasteiger partial charge in [0.05, 0.1) is 0 Å². The second-order valence-corrected chi connectivity index (χ2v) is 4.04. The summed E-state index contributed by atoms with van der Waals surface area (Å²) in [6.45, 7) is 0.811. The first-order chi connectivity index (χ1) is 7.81. The summed E-state index contributed by atoms with van der Waals surface area (Å²) in [5.41, 5.74) is 0.672. The van der Waals surface area contributed by atoms with Gasteiger partial charge in [-0.2, -0.15) is 0 Å². The van der Waals surface area contributed by atoms with Gasteiger partial charge in [-0.15, -0.1) is 10.2 Å². The third-order valence-electron chi connectivity index (χ3n) is 2.02. The summed E-state index contributed by atoms with van der Waals surface area (Å²) in [5.74, 6) is 1.06. The molecule has 2 heterocycles. The van der Waals surface area contributed by atoms with E-state index in [1.165, 1.54) is 0 Å². The number of nitrogens with zero attached hydrogens (tertiary/aromatic N) is 3. The van der Waals surface area contributed by atoms with Crippen molar-refractivity contribution < 1.29 is 4.42 Å². The van der Waals surface area contributed by atoms with Crippen molar-refractivity contribution in [3.05, 3.63) is 28.7 Å². The second kappa shape index (κ2) is 5.18. The van der Waals surface area contributed by atoms with Crippen molar-refractivity contribution in [3.8, 4) is 11.6 Å². The van der Waals surface area contributed by atoms with Gasteiger partial charge >= 0.3 is 0 Å². The van der Waals surface area contributed by atoms with Crippen molar-refractivity contribution >= 4 is 15.9 Å². The molecule has 0 atom stereocenters. The molecule has 0 aliphatic heterocycles. The summed E-state index contributed by atoms with van der Waals surface area (Å²) in [4.78, 5) is 4.18. The van der Waals surface area contributed by atoms with E-state index >= 15 is 0 Å². The van der Waals surface area contributed by atoms with Gasteiger partial charge in [0.2, 0.25) is 5.89 Å². The van der Waals surface area contributed by atoms with Gasteiger partial charge in [-0.1, -0.05) is 0 Å². The first-order valence-corrected chi connectivity index (χ1v) is 5.68. The van der Waals surface area contributed by atoms with Crippen molar-refractivity contribution in [1.29, 1.82) is 0 Å². The molecule has 2 rings (SSSR count). The largest absolute Gasteiger partial charge is 0.419 e. The summed E-state index contributed by atoms with van der Waals surface area (Å²) in [5, 5.41) is 10.9. The summed E-state index contributed by atoms with van der Waals surface area (Å²) in [6.07, 6.45) is 2.41. The lowest BCUT2D eigenvalue weighted by atomic mass is 10.3. The average Bonchev–Trinajstić information content (AvgIpc) is 2.75. The van der Waals surface area contributed by atoms with E-state index in [0.717, 1.165) is 11.0 Å². The van der Waals surface area contributed by atoms with Crippen molar-refractivity contribution in [2.24, 2.45) is 0 Å². The number of aromatic nitrogens is 3. The molecule has 0 fully saturated rings. The number of pyridine rings is 1. The highest BCUT2D eigenvalue weighted by molar-refractivity contribution is 9.10. The van der Waals surface area contributed by atoms with Crippen LogP contribution in [0, 0.1) is 0 Å². The molecule has 0 bridgehead atoms. The molecule has 6 heteroatoms. The molecule has 0 aliphatic rings. The molecule has 0 unspecified atom stereocenters. The van der Waals surface area contributed by atoms with Crippen LogP contribution in [0.4, 0.5) is 0 Å². The fraction of sp³-hybridized carbons (Fsp3) is 0.300. The Morgan fingerprint density at radius 3 is 3.06 bits per heavy atom. The van der Waals surface area contributed by atoms with Gasteiger partial charge in [-0.3, -0.25) is 0 Å². The van der Waals surface area contributed by atoms with E-state index in [4.69, 9.17) is 4.42 Å². The molecule has 0 radical (unpaired) electrons. The third-order valence-corrected chi connectivity index (χ3v) is 2.66. The topological polar surface area (TPSA) is 63.8 Å². The molecule has 0 saturated carbocycles. The van der Waals surface area contributed by atoms with Gasteiger partial charge in [0.15, 0.2) is 0 Å². The van der Waals surface area contributed by atoms with Crippen molar-refractivity contribution in [3.63, 3.8) is 0 Å². The maximum absolute atomic E-state index is 5.50. The van der Waals surface area contributed by atoms with Gasteiger partial charge in [0.1, 0.15) is 5.69 Å². The molecule has 0 spiro atoms. The highest BCUT2D eigenvalue weighted by Gasteiger charge is 2.11. The molecule has 2 aromatic heterocycles. The first kappa shape index (κ1) is 11.2. The zero-order valence-corrected chi connectivity index (χ0v) is 10.4. The summed E-state index contributed by atoms with van der Waals surface area (Å²) < 4.78 is 6.34. The Kier molecular flexibility index (Phi) is 3.63. The van der Waals surface area contributed by atoms with Crippen LogP contribution in [-0.4, -0.2) is 28.8 Å². The van der Waals surface area contributed by atoms with E-state index in [0.29, 0.717) is 23.9 Å². The van der Waals surface area contributed by atoms with Crippen LogP contribution in [0.3, 0.4) is 0 Å². The maximum atomic E-state index is 5.50. The van der Waals surface area contributed by atoms with Crippen LogP contribution in [-0.2, 0) is 6.42 Å². The summed E-state index contributed by atoms with van der Waals surface area (Å²) in [6, 6.07) is 3.73. The maximum Gasteiger partial charge on any atom is 0.267 e. The zero-order chi connectivity index (χ0) is 11.4.